The average molecular weight is 482 g/mol. The lowest BCUT2D eigenvalue weighted by atomic mass is 10.1. The van der Waals surface area contributed by atoms with Crippen molar-refractivity contribution in [2.75, 3.05) is 30.0 Å². The van der Waals surface area contributed by atoms with Crippen LogP contribution in [0.25, 0.3) is 10.9 Å². The lowest BCUT2D eigenvalue weighted by molar-refractivity contribution is 0.140. The molecule has 3 aromatic rings. The molecule has 176 valence electrons. The van der Waals surface area contributed by atoms with Crippen molar-refractivity contribution in [2.45, 2.75) is 25.9 Å². The highest BCUT2D eigenvalue weighted by atomic mass is 32.2. The minimum Gasteiger partial charge on any atom is -0.484 e. The molecule has 2 aliphatic heterocycles. The maximum absolute atomic E-state index is 14.0. The van der Waals surface area contributed by atoms with E-state index in [-0.39, 0.29) is 19.0 Å². The van der Waals surface area contributed by atoms with Gasteiger partial charge < -0.3 is 14.8 Å². The van der Waals surface area contributed by atoms with Crippen LogP contribution in [-0.4, -0.2) is 45.0 Å². The monoisotopic (exact) mass is 481 g/mol. The number of hydrogen-bond donors (Lipinski definition) is 1. The summed E-state index contributed by atoms with van der Waals surface area (Å²) in [5.41, 5.74) is 2.69. The van der Waals surface area contributed by atoms with Gasteiger partial charge in [-0.15, -0.1) is 0 Å². The molecule has 0 radical (unpaired) electrons. The Balaban J connectivity index is 1.50. The molecule has 0 aliphatic carbocycles. The number of aryl methyl sites for hydroxylation is 1. The minimum absolute atomic E-state index is 0.263. The molecular formula is C24H24FN5O3S. The predicted octanol–water partition coefficient (Wildman–Crippen LogP) is 4.63. The molecule has 1 unspecified atom stereocenters. The Kier molecular flexibility index (Phi) is 6.06. The van der Waals surface area contributed by atoms with Gasteiger partial charge in [0.25, 0.3) is 0 Å². The summed E-state index contributed by atoms with van der Waals surface area (Å²) in [7, 11) is -2.20. The van der Waals surface area contributed by atoms with E-state index in [0.717, 1.165) is 23.8 Å². The largest absolute Gasteiger partial charge is 0.484 e. The fourth-order valence-electron chi connectivity index (χ4n) is 4.32. The van der Waals surface area contributed by atoms with E-state index in [1.807, 2.05) is 19.1 Å². The van der Waals surface area contributed by atoms with Crippen LogP contribution >= 0.6 is 0 Å². The van der Waals surface area contributed by atoms with E-state index in [2.05, 4.69) is 25.7 Å². The van der Waals surface area contributed by atoms with E-state index in [0.29, 0.717) is 34.2 Å². The standard InChI is InChI=1S/C24H24FN5O3S/c1-15-8-18(30-34(31)6-2-3-7-34)10-20-23(15)24(28-14-27-20)29-19-5-4-17(25)9-21(19)33-22-13-32-12-16(22)11-26/h4-5,8-10,14,16,22H,2-3,6-7,12-13H2,1H3,(H,27,28,29)/t16?,22-/m0/s1. The highest BCUT2D eigenvalue weighted by Gasteiger charge is 2.31. The fourth-order valence-corrected chi connectivity index (χ4v) is 6.51. The number of anilines is 2. The van der Waals surface area contributed by atoms with E-state index in [4.69, 9.17) is 9.47 Å². The molecule has 2 aliphatic rings. The van der Waals surface area contributed by atoms with Gasteiger partial charge >= 0.3 is 0 Å². The summed E-state index contributed by atoms with van der Waals surface area (Å²) < 4.78 is 42.8. The second kappa shape index (κ2) is 9.16. The van der Waals surface area contributed by atoms with Crippen molar-refractivity contribution in [3.8, 4) is 11.8 Å². The summed E-state index contributed by atoms with van der Waals surface area (Å²) in [4.78, 5) is 8.80. The molecule has 2 fully saturated rings. The summed E-state index contributed by atoms with van der Waals surface area (Å²) in [5, 5.41) is 13.3. The topological polar surface area (TPSA) is 109 Å². The first-order valence-electron chi connectivity index (χ1n) is 11.1. The maximum Gasteiger partial charge on any atom is 0.146 e. The normalized spacial score (nSPS) is 21.3. The van der Waals surface area contributed by atoms with Crippen LogP contribution < -0.4 is 10.1 Å². The Morgan fingerprint density at radius 3 is 2.85 bits per heavy atom. The SMILES string of the molecule is Cc1cc(N=S2(=O)CCCC2)cc2ncnc(Nc3ccc(F)cc3O[C@H]3COCC3C#N)c12. The van der Waals surface area contributed by atoms with Crippen LogP contribution in [0.1, 0.15) is 18.4 Å². The van der Waals surface area contributed by atoms with Crippen molar-refractivity contribution < 1.29 is 18.1 Å². The number of nitrogens with one attached hydrogen (secondary N) is 1. The van der Waals surface area contributed by atoms with Crippen molar-refractivity contribution in [3.63, 3.8) is 0 Å². The van der Waals surface area contributed by atoms with Crippen LogP contribution in [0.3, 0.4) is 0 Å². The highest BCUT2D eigenvalue weighted by molar-refractivity contribution is 7.93. The summed E-state index contributed by atoms with van der Waals surface area (Å²) in [6.07, 6.45) is 2.83. The number of aromatic nitrogens is 2. The number of ether oxygens (including phenoxy) is 2. The number of rotatable bonds is 5. The number of nitrogens with zero attached hydrogens (tertiary/aromatic N) is 4. The third-order valence-electron chi connectivity index (χ3n) is 6.04. The zero-order chi connectivity index (χ0) is 23.7. The van der Waals surface area contributed by atoms with Crippen LogP contribution in [0.5, 0.6) is 5.75 Å². The van der Waals surface area contributed by atoms with Gasteiger partial charge in [-0.1, -0.05) is 0 Å². The van der Waals surface area contributed by atoms with Gasteiger partial charge in [-0.05, 0) is 49.6 Å². The van der Waals surface area contributed by atoms with Crippen molar-refractivity contribution >= 4 is 37.8 Å². The zero-order valence-electron chi connectivity index (χ0n) is 18.7. The van der Waals surface area contributed by atoms with Crippen molar-refractivity contribution in [2.24, 2.45) is 10.3 Å². The first-order valence-corrected chi connectivity index (χ1v) is 13.0. The minimum atomic E-state index is -2.20. The zero-order valence-corrected chi connectivity index (χ0v) is 19.5. The Hall–Kier alpha value is -3.29. The molecule has 10 heteroatoms. The summed E-state index contributed by atoms with van der Waals surface area (Å²) in [6, 6.07) is 10.0. The molecule has 0 saturated carbocycles. The van der Waals surface area contributed by atoms with Crippen LogP contribution in [0, 0.1) is 30.0 Å². The maximum atomic E-state index is 14.0. The van der Waals surface area contributed by atoms with Gasteiger partial charge in [0.15, 0.2) is 0 Å². The third-order valence-corrected chi connectivity index (χ3v) is 8.43. The molecule has 0 amide bonds. The van der Waals surface area contributed by atoms with Gasteiger partial charge in [0.1, 0.15) is 35.7 Å². The lowest BCUT2D eigenvalue weighted by Crippen LogP contribution is -2.24. The molecule has 0 bridgehead atoms. The quantitative estimate of drug-likeness (QED) is 0.566. The molecule has 8 nitrogen and oxygen atoms in total. The van der Waals surface area contributed by atoms with Crippen molar-refractivity contribution in [1.29, 1.82) is 5.26 Å². The molecule has 3 heterocycles. The van der Waals surface area contributed by atoms with Crippen LogP contribution in [-0.2, 0) is 14.5 Å². The van der Waals surface area contributed by atoms with E-state index in [1.165, 1.54) is 18.5 Å². The second-order valence-electron chi connectivity index (χ2n) is 8.55. The molecule has 34 heavy (non-hydrogen) atoms. The molecule has 2 atom stereocenters. The molecule has 1 N–H and O–H groups in total. The van der Waals surface area contributed by atoms with E-state index in [9.17, 15) is 13.9 Å². The van der Waals surface area contributed by atoms with E-state index < -0.39 is 27.6 Å². The molecule has 2 aromatic carbocycles. The second-order valence-corrected chi connectivity index (χ2v) is 11.1. The summed E-state index contributed by atoms with van der Waals surface area (Å²) >= 11 is 0. The molecular weight excluding hydrogens is 457 g/mol. The van der Waals surface area contributed by atoms with Crippen LogP contribution in [0.4, 0.5) is 21.6 Å². The number of nitriles is 1. The van der Waals surface area contributed by atoms with E-state index in [1.54, 1.807) is 6.07 Å². The Morgan fingerprint density at radius 1 is 1.24 bits per heavy atom. The molecule has 0 spiro atoms. The van der Waals surface area contributed by atoms with Gasteiger partial charge in [0.05, 0.1) is 45.9 Å². The summed E-state index contributed by atoms with van der Waals surface area (Å²) in [5.74, 6) is 1.18. The highest BCUT2D eigenvalue weighted by Crippen LogP contribution is 2.35. The third kappa shape index (κ3) is 4.54. The first-order chi connectivity index (χ1) is 16.4. The van der Waals surface area contributed by atoms with E-state index >= 15 is 0 Å². The van der Waals surface area contributed by atoms with Gasteiger partial charge in [-0.25, -0.2) is 18.6 Å². The van der Waals surface area contributed by atoms with Crippen LogP contribution in [0.15, 0.2) is 41.0 Å². The van der Waals surface area contributed by atoms with Gasteiger partial charge in [-0.3, -0.25) is 0 Å². The Labute approximate surface area is 197 Å². The Bertz CT molecular complexity index is 1400. The fraction of sp³-hybridized carbons (Fsp3) is 0.375. The smallest absolute Gasteiger partial charge is 0.146 e. The van der Waals surface area contributed by atoms with Crippen LogP contribution in [0.2, 0.25) is 0 Å². The molecule has 1 aromatic heterocycles. The predicted molar refractivity (Wildman–Crippen MR) is 127 cm³/mol. The molecule has 2 saturated heterocycles. The first kappa shape index (κ1) is 22.5. The van der Waals surface area contributed by atoms with Crippen molar-refractivity contribution in [3.05, 3.63) is 48.0 Å². The van der Waals surface area contributed by atoms with Crippen molar-refractivity contribution in [1.82, 2.24) is 9.97 Å². The number of benzene rings is 2. The summed E-state index contributed by atoms with van der Waals surface area (Å²) in [6.45, 7) is 2.47. The number of hydrogen-bond acceptors (Lipinski definition) is 8. The number of halogens is 1. The Morgan fingerprint density at radius 2 is 2.06 bits per heavy atom. The van der Waals surface area contributed by atoms with Gasteiger partial charge in [-0.2, -0.15) is 9.62 Å². The number of fused-ring (bicyclic) bond motifs is 1. The van der Waals surface area contributed by atoms with Gasteiger partial charge in [0.2, 0.25) is 0 Å². The van der Waals surface area contributed by atoms with Gasteiger partial charge in [0, 0.05) is 23.0 Å². The average Bonchev–Trinajstić information content (AvgIpc) is 3.44. The molecule has 5 rings (SSSR count). The lowest BCUT2D eigenvalue weighted by Gasteiger charge is -2.19.